The molecule has 3 rings (SSSR count). The first-order valence-electron chi connectivity index (χ1n) is 9.92. The van der Waals surface area contributed by atoms with Crippen LogP contribution in [0.3, 0.4) is 0 Å². The summed E-state index contributed by atoms with van der Waals surface area (Å²) < 4.78 is 5.36. The van der Waals surface area contributed by atoms with Crippen molar-refractivity contribution >= 4 is 5.91 Å². The van der Waals surface area contributed by atoms with Crippen LogP contribution in [0.25, 0.3) is 0 Å². The van der Waals surface area contributed by atoms with Gasteiger partial charge in [0.15, 0.2) is 5.82 Å². The zero-order valence-electron chi connectivity index (χ0n) is 15.9. The second kappa shape index (κ2) is 8.30. The number of piperidine rings is 1. The highest BCUT2D eigenvalue weighted by atomic mass is 16.5. The van der Waals surface area contributed by atoms with Crippen molar-refractivity contribution in [2.45, 2.75) is 77.2 Å². The molecule has 0 unspecified atom stereocenters. The molecule has 1 aromatic heterocycles. The van der Waals surface area contributed by atoms with Gasteiger partial charge in [-0.2, -0.15) is 4.98 Å². The number of hydrogen-bond donors (Lipinski definition) is 0. The fourth-order valence-corrected chi connectivity index (χ4v) is 3.94. The fourth-order valence-electron chi connectivity index (χ4n) is 3.94. The molecule has 6 heteroatoms. The maximum atomic E-state index is 13.0. The molecule has 6 nitrogen and oxygen atoms in total. The smallest absolute Gasteiger partial charge is 0.239 e. The first-order chi connectivity index (χ1) is 12.1. The number of nitrogens with zero attached hydrogens (tertiary/aromatic N) is 4. The Bertz CT molecular complexity index is 564. The van der Waals surface area contributed by atoms with E-state index in [1.807, 2.05) is 4.90 Å². The lowest BCUT2D eigenvalue weighted by molar-refractivity contribution is -0.137. The molecule has 25 heavy (non-hydrogen) atoms. The van der Waals surface area contributed by atoms with Gasteiger partial charge in [-0.1, -0.05) is 31.8 Å². The van der Waals surface area contributed by atoms with Crippen molar-refractivity contribution in [1.82, 2.24) is 19.9 Å². The summed E-state index contributed by atoms with van der Waals surface area (Å²) in [6, 6.07) is -0.0201. The van der Waals surface area contributed by atoms with Crippen LogP contribution < -0.4 is 0 Å². The molecule has 0 aliphatic carbocycles. The molecule has 2 fully saturated rings. The van der Waals surface area contributed by atoms with E-state index in [0.29, 0.717) is 12.4 Å². The number of hydrogen-bond acceptors (Lipinski definition) is 5. The SMILES string of the molecule is CC(C)c1nc([C@@H]2CCCN(C(=O)[C@H](C)N3CCCCCC3)C2)no1. The summed E-state index contributed by atoms with van der Waals surface area (Å²) in [5, 5.41) is 4.17. The fraction of sp³-hybridized carbons (Fsp3) is 0.842. The average Bonchev–Trinajstić information content (AvgIpc) is 2.97. The van der Waals surface area contributed by atoms with Gasteiger partial charge in [-0.15, -0.1) is 0 Å². The number of likely N-dealkylation sites (tertiary alicyclic amines) is 2. The van der Waals surface area contributed by atoms with Gasteiger partial charge in [-0.3, -0.25) is 9.69 Å². The zero-order valence-corrected chi connectivity index (χ0v) is 15.9. The predicted octanol–water partition coefficient (Wildman–Crippen LogP) is 3.16. The van der Waals surface area contributed by atoms with Crippen molar-refractivity contribution in [2.75, 3.05) is 26.2 Å². The Morgan fingerprint density at radius 2 is 1.80 bits per heavy atom. The number of aromatic nitrogens is 2. The van der Waals surface area contributed by atoms with E-state index in [1.165, 1.54) is 25.7 Å². The minimum atomic E-state index is -0.0201. The highest BCUT2D eigenvalue weighted by molar-refractivity contribution is 5.81. The van der Waals surface area contributed by atoms with E-state index in [-0.39, 0.29) is 23.8 Å². The average molecular weight is 348 g/mol. The van der Waals surface area contributed by atoms with Crippen LogP contribution in [-0.4, -0.2) is 58.1 Å². The van der Waals surface area contributed by atoms with Gasteiger partial charge in [0.25, 0.3) is 0 Å². The summed E-state index contributed by atoms with van der Waals surface area (Å²) in [7, 11) is 0. The Morgan fingerprint density at radius 1 is 1.08 bits per heavy atom. The van der Waals surface area contributed by atoms with Crippen molar-refractivity contribution in [3.8, 4) is 0 Å². The van der Waals surface area contributed by atoms with Gasteiger partial charge in [-0.25, -0.2) is 0 Å². The van der Waals surface area contributed by atoms with Gasteiger partial charge in [0.1, 0.15) is 0 Å². The Balaban J connectivity index is 1.62. The highest BCUT2D eigenvalue weighted by Gasteiger charge is 2.32. The van der Waals surface area contributed by atoms with E-state index in [1.54, 1.807) is 0 Å². The minimum absolute atomic E-state index is 0.0201. The first-order valence-corrected chi connectivity index (χ1v) is 9.92. The van der Waals surface area contributed by atoms with Crippen molar-refractivity contribution in [3.05, 3.63) is 11.7 Å². The van der Waals surface area contributed by atoms with Gasteiger partial charge in [-0.05, 0) is 45.7 Å². The highest BCUT2D eigenvalue weighted by Crippen LogP contribution is 2.27. The largest absolute Gasteiger partial charge is 0.341 e. The number of rotatable bonds is 4. The van der Waals surface area contributed by atoms with E-state index in [2.05, 4.69) is 35.8 Å². The second-order valence-electron chi connectivity index (χ2n) is 7.90. The van der Waals surface area contributed by atoms with Crippen molar-refractivity contribution in [2.24, 2.45) is 0 Å². The number of carbonyl (C=O) groups excluding carboxylic acids is 1. The van der Waals surface area contributed by atoms with Crippen LogP contribution in [0.4, 0.5) is 0 Å². The molecule has 0 saturated carbocycles. The Hall–Kier alpha value is -1.43. The second-order valence-corrected chi connectivity index (χ2v) is 7.90. The summed E-state index contributed by atoms with van der Waals surface area (Å²) >= 11 is 0. The van der Waals surface area contributed by atoms with E-state index in [4.69, 9.17) is 4.52 Å². The van der Waals surface area contributed by atoms with Gasteiger partial charge >= 0.3 is 0 Å². The summed E-state index contributed by atoms with van der Waals surface area (Å²) in [4.78, 5) is 22.0. The molecule has 0 bridgehead atoms. The summed E-state index contributed by atoms with van der Waals surface area (Å²) in [6.07, 6.45) is 7.04. The summed E-state index contributed by atoms with van der Waals surface area (Å²) in [5.74, 6) is 2.16. The molecule has 0 aromatic carbocycles. The van der Waals surface area contributed by atoms with Crippen LogP contribution in [0.1, 0.15) is 82.8 Å². The quantitative estimate of drug-likeness (QED) is 0.836. The molecule has 0 spiro atoms. The van der Waals surface area contributed by atoms with Crippen LogP contribution >= 0.6 is 0 Å². The molecule has 3 heterocycles. The van der Waals surface area contributed by atoms with Crippen LogP contribution in [0, 0.1) is 0 Å². The van der Waals surface area contributed by atoms with E-state index in [9.17, 15) is 4.79 Å². The predicted molar refractivity (Wildman–Crippen MR) is 96.4 cm³/mol. The summed E-state index contributed by atoms with van der Waals surface area (Å²) in [6.45, 7) is 9.84. The Kier molecular flexibility index (Phi) is 6.10. The van der Waals surface area contributed by atoms with Crippen LogP contribution in [0.5, 0.6) is 0 Å². The lowest BCUT2D eigenvalue weighted by Crippen LogP contribution is -2.50. The monoisotopic (exact) mass is 348 g/mol. The third-order valence-electron chi connectivity index (χ3n) is 5.60. The van der Waals surface area contributed by atoms with Gasteiger partial charge < -0.3 is 9.42 Å². The summed E-state index contributed by atoms with van der Waals surface area (Å²) in [5.41, 5.74) is 0. The standard InChI is InChI=1S/C19H32N4O2/c1-14(2)18-20-17(21-25-18)16-9-8-12-23(13-16)19(24)15(3)22-10-6-4-5-7-11-22/h14-16H,4-13H2,1-3H3/t15-,16+/m0/s1. The van der Waals surface area contributed by atoms with E-state index < -0.39 is 0 Å². The molecule has 2 aliphatic rings. The maximum Gasteiger partial charge on any atom is 0.239 e. The van der Waals surface area contributed by atoms with E-state index in [0.717, 1.165) is 38.3 Å². The molecule has 2 atom stereocenters. The first kappa shape index (κ1) is 18.4. The van der Waals surface area contributed by atoms with Gasteiger partial charge in [0.05, 0.1) is 6.04 Å². The van der Waals surface area contributed by atoms with Gasteiger partial charge in [0, 0.05) is 24.9 Å². The zero-order chi connectivity index (χ0) is 17.8. The van der Waals surface area contributed by atoms with Crippen LogP contribution in [0.2, 0.25) is 0 Å². The van der Waals surface area contributed by atoms with Crippen molar-refractivity contribution in [3.63, 3.8) is 0 Å². The Morgan fingerprint density at radius 3 is 2.44 bits per heavy atom. The van der Waals surface area contributed by atoms with Crippen molar-refractivity contribution in [1.29, 1.82) is 0 Å². The number of amides is 1. The normalized spacial score (nSPS) is 24.3. The lowest BCUT2D eigenvalue weighted by atomic mass is 9.96. The topological polar surface area (TPSA) is 62.5 Å². The molecular formula is C19H32N4O2. The lowest BCUT2D eigenvalue weighted by Gasteiger charge is -2.36. The Labute approximate surface area is 150 Å². The molecule has 1 aromatic rings. The van der Waals surface area contributed by atoms with E-state index >= 15 is 0 Å². The molecule has 0 N–H and O–H groups in total. The van der Waals surface area contributed by atoms with Crippen molar-refractivity contribution < 1.29 is 9.32 Å². The molecule has 0 radical (unpaired) electrons. The molecular weight excluding hydrogens is 316 g/mol. The van der Waals surface area contributed by atoms with Crippen LogP contribution in [0.15, 0.2) is 4.52 Å². The molecule has 2 aliphatic heterocycles. The third-order valence-corrected chi connectivity index (χ3v) is 5.60. The third kappa shape index (κ3) is 4.40. The maximum absolute atomic E-state index is 13.0. The number of carbonyl (C=O) groups is 1. The van der Waals surface area contributed by atoms with Gasteiger partial charge in [0.2, 0.25) is 11.8 Å². The van der Waals surface area contributed by atoms with Crippen LogP contribution in [-0.2, 0) is 4.79 Å². The molecule has 2 saturated heterocycles. The minimum Gasteiger partial charge on any atom is -0.341 e. The molecule has 140 valence electrons. The molecule has 1 amide bonds.